The summed E-state index contributed by atoms with van der Waals surface area (Å²) in [4.78, 5) is 51.4. The molecule has 2 fully saturated rings. The van der Waals surface area contributed by atoms with Crippen molar-refractivity contribution in [2.45, 2.75) is 61.9 Å². The molecule has 4 atom stereocenters. The Morgan fingerprint density at radius 2 is 1.46 bits per heavy atom. The molecule has 1 aliphatic heterocycles. The minimum atomic E-state index is -1.52. The number of amides is 3. The molecule has 3 amide bonds. The van der Waals surface area contributed by atoms with Crippen LogP contribution >= 0.6 is 0 Å². The molecule has 1 heterocycles. The van der Waals surface area contributed by atoms with E-state index >= 15 is 0 Å². The molecule has 5 N–H and O–H groups in total. The zero-order valence-corrected chi connectivity index (χ0v) is 21.8. The predicted octanol–water partition coefficient (Wildman–Crippen LogP) is 0.969. The number of hydrogen-bond donors (Lipinski definition) is 5. The van der Waals surface area contributed by atoms with Crippen LogP contribution in [0.2, 0.25) is 0 Å². The number of aliphatic hydroxyl groups is 1. The van der Waals surface area contributed by atoms with Crippen molar-refractivity contribution in [2.75, 3.05) is 13.7 Å². The molecular formula is C28H33N3O8. The number of carbonyl (C=O) groups excluding carboxylic acids is 3. The van der Waals surface area contributed by atoms with E-state index in [4.69, 9.17) is 9.47 Å². The lowest BCUT2D eigenvalue weighted by molar-refractivity contribution is -0.134. The highest BCUT2D eigenvalue weighted by atomic mass is 16.6. The van der Waals surface area contributed by atoms with Gasteiger partial charge in [0.2, 0.25) is 11.8 Å². The predicted molar refractivity (Wildman–Crippen MR) is 139 cm³/mol. The van der Waals surface area contributed by atoms with Crippen LogP contribution < -0.4 is 20.7 Å². The molecule has 11 heteroatoms. The van der Waals surface area contributed by atoms with E-state index in [2.05, 4.69) is 16.0 Å². The van der Waals surface area contributed by atoms with E-state index in [9.17, 15) is 29.4 Å². The number of ketones is 1. The molecule has 0 aromatic heterocycles. The Morgan fingerprint density at radius 1 is 0.897 bits per heavy atom. The zero-order valence-electron chi connectivity index (χ0n) is 21.8. The van der Waals surface area contributed by atoms with E-state index in [0.29, 0.717) is 11.3 Å². The molecule has 0 radical (unpaired) electrons. The lowest BCUT2D eigenvalue weighted by Gasteiger charge is -2.27. The minimum Gasteiger partial charge on any atom is -0.497 e. The van der Waals surface area contributed by atoms with Gasteiger partial charge < -0.3 is 35.6 Å². The van der Waals surface area contributed by atoms with Crippen molar-refractivity contribution in [3.8, 4) is 5.75 Å². The molecule has 2 aliphatic rings. The molecule has 0 bridgehead atoms. The van der Waals surface area contributed by atoms with Crippen molar-refractivity contribution in [3.05, 3.63) is 65.7 Å². The van der Waals surface area contributed by atoms with Gasteiger partial charge in [0.15, 0.2) is 5.78 Å². The monoisotopic (exact) mass is 539 g/mol. The third-order valence-electron chi connectivity index (χ3n) is 7.08. The van der Waals surface area contributed by atoms with Crippen LogP contribution in [0.1, 0.15) is 30.9 Å². The fraction of sp³-hybridized carbons (Fsp3) is 0.429. The molecule has 2 aromatic carbocycles. The molecule has 1 saturated carbocycles. The van der Waals surface area contributed by atoms with Gasteiger partial charge >= 0.3 is 6.09 Å². The third kappa shape index (κ3) is 7.12. The largest absolute Gasteiger partial charge is 0.497 e. The first-order chi connectivity index (χ1) is 18.5. The van der Waals surface area contributed by atoms with Gasteiger partial charge in [-0.1, -0.05) is 42.5 Å². The highest BCUT2D eigenvalue weighted by Crippen LogP contribution is 2.38. The summed E-state index contributed by atoms with van der Waals surface area (Å²) in [5.41, 5.74) is -0.995. The van der Waals surface area contributed by atoms with Crippen LogP contribution in [-0.2, 0) is 32.0 Å². The average Bonchev–Trinajstić information content (AvgIpc) is 3.85. The first kappa shape index (κ1) is 28.1. The molecule has 39 heavy (non-hydrogen) atoms. The second-order valence-corrected chi connectivity index (χ2v) is 10.2. The molecule has 0 spiro atoms. The summed E-state index contributed by atoms with van der Waals surface area (Å²) in [5.74, 6) is -1.15. The van der Waals surface area contributed by atoms with Crippen molar-refractivity contribution < 1.29 is 38.9 Å². The number of nitrogens with one attached hydrogen (secondary N) is 3. The van der Waals surface area contributed by atoms with Gasteiger partial charge in [-0.15, -0.1) is 0 Å². The van der Waals surface area contributed by atoms with E-state index in [1.807, 2.05) is 30.3 Å². The van der Waals surface area contributed by atoms with Crippen LogP contribution in [0.5, 0.6) is 5.75 Å². The maximum Gasteiger partial charge on any atom is 0.405 e. The summed E-state index contributed by atoms with van der Waals surface area (Å²) in [6, 6.07) is 12.5. The number of ether oxygens (including phenoxy) is 2. The van der Waals surface area contributed by atoms with E-state index in [1.54, 1.807) is 31.2 Å². The van der Waals surface area contributed by atoms with Gasteiger partial charge in [-0.3, -0.25) is 14.4 Å². The van der Waals surface area contributed by atoms with Crippen LogP contribution in [-0.4, -0.2) is 76.9 Å². The highest BCUT2D eigenvalue weighted by Gasteiger charge is 2.53. The summed E-state index contributed by atoms with van der Waals surface area (Å²) < 4.78 is 10.5. The second-order valence-electron chi connectivity index (χ2n) is 10.2. The van der Waals surface area contributed by atoms with E-state index < -0.39 is 47.2 Å². The van der Waals surface area contributed by atoms with Gasteiger partial charge in [-0.25, -0.2) is 4.79 Å². The van der Waals surface area contributed by atoms with Crippen LogP contribution in [0, 0.1) is 0 Å². The maximum absolute atomic E-state index is 13.6. The standard InChI is InChI=1S/C28H33N3O8/c1-27(16-39-27)23(32)20(14-17-6-4-3-5-7-17)29-24(33)21(15-18-8-10-19(38-2)11-9-18)30-25(34)22(31-26(35)36)28(37)12-13-28/h3-11,20-22,31,37H,12-16H2,1-2H3,(H,29,33)(H,30,34)(H,35,36)/t20?,21?,22-,27?/m1/s1. The Kier molecular flexibility index (Phi) is 8.22. The fourth-order valence-corrected chi connectivity index (χ4v) is 4.40. The number of rotatable bonds is 13. The summed E-state index contributed by atoms with van der Waals surface area (Å²) >= 11 is 0. The highest BCUT2D eigenvalue weighted by molar-refractivity contribution is 5.98. The van der Waals surface area contributed by atoms with E-state index in [-0.39, 0.29) is 38.1 Å². The molecule has 1 aliphatic carbocycles. The SMILES string of the molecule is COc1ccc(CC(NC(=O)[C@@H](NC(=O)O)C2(O)CC2)C(=O)NC(Cc2ccccc2)C(=O)C2(C)CO2)cc1. The van der Waals surface area contributed by atoms with Gasteiger partial charge in [0, 0.05) is 6.42 Å². The first-order valence-corrected chi connectivity index (χ1v) is 12.7. The molecule has 1 saturated heterocycles. The number of Topliss-reactive ketones (excluding diaryl/α,β-unsaturated/α-hetero) is 1. The Labute approximate surface area is 225 Å². The third-order valence-corrected chi connectivity index (χ3v) is 7.08. The Morgan fingerprint density at radius 3 is 2.00 bits per heavy atom. The summed E-state index contributed by atoms with van der Waals surface area (Å²) in [5, 5.41) is 27.2. The number of benzene rings is 2. The first-order valence-electron chi connectivity index (χ1n) is 12.7. The van der Waals surface area contributed by atoms with Gasteiger partial charge in [0.05, 0.1) is 25.4 Å². The molecule has 3 unspecified atom stereocenters. The molecule has 2 aromatic rings. The number of carbonyl (C=O) groups is 4. The molecule has 11 nitrogen and oxygen atoms in total. The lowest BCUT2D eigenvalue weighted by atomic mass is 9.94. The van der Waals surface area contributed by atoms with E-state index in [0.717, 1.165) is 5.56 Å². The quantitative estimate of drug-likeness (QED) is 0.235. The van der Waals surface area contributed by atoms with Gasteiger partial charge in [-0.05, 0) is 49.4 Å². The van der Waals surface area contributed by atoms with Gasteiger partial charge in [0.1, 0.15) is 23.4 Å². The Balaban J connectivity index is 1.57. The van der Waals surface area contributed by atoms with Crippen molar-refractivity contribution in [2.24, 2.45) is 0 Å². The topological polar surface area (TPSA) is 167 Å². The Bertz CT molecular complexity index is 1210. The summed E-state index contributed by atoms with van der Waals surface area (Å²) in [6.07, 6.45) is -0.728. The van der Waals surface area contributed by atoms with Crippen LogP contribution in [0.4, 0.5) is 4.79 Å². The average molecular weight is 540 g/mol. The smallest absolute Gasteiger partial charge is 0.405 e. The lowest BCUT2D eigenvalue weighted by Crippen LogP contribution is -2.60. The molecular weight excluding hydrogens is 506 g/mol. The van der Waals surface area contributed by atoms with Crippen molar-refractivity contribution in [3.63, 3.8) is 0 Å². The van der Waals surface area contributed by atoms with Crippen molar-refractivity contribution in [1.82, 2.24) is 16.0 Å². The van der Waals surface area contributed by atoms with Crippen molar-refractivity contribution in [1.29, 1.82) is 0 Å². The van der Waals surface area contributed by atoms with Crippen molar-refractivity contribution >= 4 is 23.7 Å². The number of epoxide rings is 1. The summed E-state index contributed by atoms with van der Waals surface area (Å²) in [6.45, 7) is 1.91. The maximum atomic E-state index is 13.6. The Hall–Kier alpha value is -3.96. The van der Waals surface area contributed by atoms with Crippen LogP contribution in [0.15, 0.2) is 54.6 Å². The molecule has 4 rings (SSSR count). The number of carboxylic acid groups (broad SMARTS) is 1. The van der Waals surface area contributed by atoms with Gasteiger partial charge in [0.25, 0.3) is 0 Å². The number of methoxy groups -OCH3 is 1. The molecule has 208 valence electrons. The fourth-order valence-electron chi connectivity index (χ4n) is 4.40. The summed E-state index contributed by atoms with van der Waals surface area (Å²) in [7, 11) is 1.53. The minimum absolute atomic E-state index is 0.0415. The van der Waals surface area contributed by atoms with Gasteiger partial charge in [-0.2, -0.15) is 0 Å². The van der Waals surface area contributed by atoms with E-state index in [1.165, 1.54) is 7.11 Å². The zero-order chi connectivity index (χ0) is 28.2. The number of hydrogen-bond acceptors (Lipinski definition) is 7. The normalized spacial score (nSPS) is 21.0. The van der Waals surface area contributed by atoms with Crippen LogP contribution in [0.25, 0.3) is 0 Å². The second kappa shape index (κ2) is 11.4. The van der Waals surface area contributed by atoms with Crippen LogP contribution in [0.3, 0.4) is 0 Å².